The first-order valence-corrected chi connectivity index (χ1v) is 9.62. The summed E-state index contributed by atoms with van der Waals surface area (Å²) in [5.41, 5.74) is 10.1. The number of ether oxygens (including phenoxy) is 1. The van der Waals surface area contributed by atoms with Crippen LogP contribution in [0.1, 0.15) is 37.4 Å². The van der Waals surface area contributed by atoms with Crippen LogP contribution in [0.2, 0.25) is 0 Å². The SMILES string of the molecule is COc1cc(C(=O)NCc2cccc(C(=O)Nc3ccc(CN)cc3)c2)ccc1C. The van der Waals surface area contributed by atoms with Gasteiger partial charge in [-0.2, -0.15) is 0 Å². The number of methoxy groups -OCH3 is 1. The molecule has 154 valence electrons. The first-order valence-electron chi connectivity index (χ1n) is 9.62. The highest BCUT2D eigenvalue weighted by Crippen LogP contribution is 2.19. The number of benzene rings is 3. The second kappa shape index (κ2) is 9.71. The average Bonchev–Trinajstić information content (AvgIpc) is 2.78. The molecular formula is C24H25N3O3. The molecule has 2 amide bonds. The first-order chi connectivity index (χ1) is 14.5. The predicted octanol–water partition coefficient (Wildman–Crippen LogP) is 3.64. The number of anilines is 1. The molecule has 4 N–H and O–H groups in total. The van der Waals surface area contributed by atoms with Gasteiger partial charge in [0.2, 0.25) is 0 Å². The van der Waals surface area contributed by atoms with E-state index in [2.05, 4.69) is 10.6 Å². The van der Waals surface area contributed by atoms with Crippen molar-refractivity contribution in [1.29, 1.82) is 0 Å². The van der Waals surface area contributed by atoms with Crippen molar-refractivity contribution < 1.29 is 14.3 Å². The van der Waals surface area contributed by atoms with E-state index in [-0.39, 0.29) is 11.8 Å². The molecular weight excluding hydrogens is 378 g/mol. The van der Waals surface area contributed by atoms with Crippen LogP contribution in [0.4, 0.5) is 5.69 Å². The largest absolute Gasteiger partial charge is 0.496 e. The fourth-order valence-electron chi connectivity index (χ4n) is 3.00. The van der Waals surface area contributed by atoms with Gasteiger partial charge in [-0.25, -0.2) is 0 Å². The lowest BCUT2D eigenvalue weighted by atomic mass is 10.1. The second-order valence-corrected chi connectivity index (χ2v) is 6.92. The van der Waals surface area contributed by atoms with E-state index in [9.17, 15) is 9.59 Å². The fourth-order valence-corrected chi connectivity index (χ4v) is 3.00. The number of nitrogens with two attached hydrogens (primary N) is 1. The van der Waals surface area contributed by atoms with Crippen LogP contribution in [0, 0.1) is 6.92 Å². The van der Waals surface area contributed by atoms with E-state index >= 15 is 0 Å². The minimum Gasteiger partial charge on any atom is -0.496 e. The van der Waals surface area contributed by atoms with Gasteiger partial charge >= 0.3 is 0 Å². The monoisotopic (exact) mass is 403 g/mol. The van der Waals surface area contributed by atoms with Crippen LogP contribution in [-0.2, 0) is 13.1 Å². The van der Waals surface area contributed by atoms with Gasteiger partial charge in [-0.05, 0) is 60.0 Å². The molecule has 0 radical (unpaired) electrons. The maximum atomic E-state index is 12.5. The van der Waals surface area contributed by atoms with E-state index in [1.165, 1.54) is 0 Å². The molecule has 0 bridgehead atoms. The van der Waals surface area contributed by atoms with Crippen molar-refractivity contribution in [3.05, 3.63) is 94.5 Å². The molecule has 0 aliphatic carbocycles. The minimum atomic E-state index is -0.216. The average molecular weight is 403 g/mol. The molecule has 30 heavy (non-hydrogen) atoms. The molecule has 6 heteroatoms. The van der Waals surface area contributed by atoms with Crippen LogP contribution in [0.5, 0.6) is 5.75 Å². The molecule has 0 aliphatic rings. The molecule has 3 aromatic rings. The third-order valence-electron chi connectivity index (χ3n) is 4.76. The molecule has 0 unspecified atom stereocenters. The van der Waals surface area contributed by atoms with Crippen molar-refractivity contribution in [3.63, 3.8) is 0 Å². The Hall–Kier alpha value is -3.64. The second-order valence-electron chi connectivity index (χ2n) is 6.92. The normalized spacial score (nSPS) is 10.4. The molecule has 6 nitrogen and oxygen atoms in total. The van der Waals surface area contributed by atoms with E-state index in [0.717, 1.165) is 16.7 Å². The lowest BCUT2D eigenvalue weighted by molar-refractivity contribution is 0.0950. The number of amides is 2. The highest BCUT2D eigenvalue weighted by molar-refractivity contribution is 6.04. The Morgan fingerprint density at radius 3 is 2.33 bits per heavy atom. The topological polar surface area (TPSA) is 93.4 Å². The van der Waals surface area contributed by atoms with Crippen LogP contribution >= 0.6 is 0 Å². The summed E-state index contributed by atoms with van der Waals surface area (Å²) in [5, 5.41) is 5.74. The van der Waals surface area contributed by atoms with Crippen LogP contribution in [0.25, 0.3) is 0 Å². The number of nitrogens with one attached hydrogen (secondary N) is 2. The van der Waals surface area contributed by atoms with Crippen molar-refractivity contribution in [2.45, 2.75) is 20.0 Å². The van der Waals surface area contributed by atoms with Crippen molar-refractivity contribution in [3.8, 4) is 5.75 Å². The molecule has 0 saturated carbocycles. The first kappa shape index (κ1) is 21.1. The Balaban J connectivity index is 1.63. The number of rotatable bonds is 7. The van der Waals surface area contributed by atoms with Gasteiger partial charge in [0.1, 0.15) is 5.75 Å². The Morgan fingerprint density at radius 2 is 1.63 bits per heavy atom. The van der Waals surface area contributed by atoms with Gasteiger partial charge in [0.15, 0.2) is 0 Å². The Labute approximate surface area is 176 Å². The van der Waals surface area contributed by atoms with E-state index < -0.39 is 0 Å². The number of hydrogen-bond donors (Lipinski definition) is 3. The van der Waals surface area contributed by atoms with Crippen molar-refractivity contribution in [2.75, 3.05) is 12.4 Å². The summed E-state index contributed by atoms with van der Waals surface area (Å²) in [6.07, 6.45) is 0. The minimum absolute atomic E-state index is 0.205. The molecule has 0 spiro atoms. The third kappa shape index (κ3) is 5.24. The molecule has 0 aliphatic heterocycles. The maximum Gasteiger partial charge on any atom is 0.255 e. The van der Waals surface area contributed by atoms with E-state index in [0.29, 0.717) is 35.7 Å². The van der Waals surface area contributed by atoms with Gasteiger partial charge in [-0.1, -0.05) is 30.3 Å². The van der Waals surface area contributed by atoms with Gasteiger partial charge in [0.05, 0.1) is 7.11 Å². The Kier molecular flexibility index (Phi) is 6.83. The molecule has 3 rings (SSSR count). The van der Waals surface area contributed by atoms with Gasteiger partial charge in [0.25, 0.3) is 11.8 Å². The van der Waals surface area contributed by atoms with Crippen LogP contribution in [0.3, 0.4) is 0 Å². The van der Waals surface area contributed by atoms with Crippen molar-refractivity contribution in [2.24, 2.45) is 5.73 Å². The molecule has 0 fully saturated rings. The van der Waals surface area contributed by atoms with Gasteiger partial charge in [-0.15, -0.1) is 0 Å². The highest BCUT2D eigenvalue weighted by Gasteiger charge is 2.10. The maximum absolute atomic E-state index is 12.5. The van der Waals surface area contributed by atoms with E-state index in [1.807, 2.05) is 43.3 Å². The smallest absolute Gasteiger partial charge is 0.255 e. The number of aryl methyl sites for hydroxylation is 1. The molecule has 3 aromatic carbocycles. The van der Waals surface area contributed by atoms with Crippen molar-refractivity contribution in [1.82, 2.24) is 5.32 Å². The Bertz CT molecular complexity index is 1050. The zero-order valence-electron chi connectivity index (χ0n) is 17.1. The lowest BCUT2D eigenvalue weighted by Gasteiger charge is -2.10. The number of carbonyl (C=O) groups excluding carboxylic acids is 2. The van der Waals surface area contributed by atoms with Crippen LogP contribution in [-0.4, -0.2) is 18.9 Å². The van der Waals surface area contributed by atoms with Crippen LogP contribution in [0.15, 0.2) is 66.7 Å². The quantitative estimate of drug-likeness (QED) is 0.561. The lowest BCUT2D eigenvalue weighted by Crippen LogP contribution is -2.23. The summed E-state index contributed by atoms with van der Waals surface area (Å²) in [7, 11) is 1.58. The number of hydrogen-bond acceptors (Lipinski definition) is 4. The van der Waals surface area contributed by atoms with Gasteiger partial charge in [-0.3, -0.25) is 9.59 Å². The molecule has 0 heterocycles. The third-order valence-corrected chi connectivity index (χ3v) is 4.76. The van der Waals surface area contributed by atoms with Crippen molar-refractivity contribution >= 4 is 17.5 Å². The van der Waals surface area contributed by atoms with Crippen LogP contribution < -0.4 is 21.1 Å². The molecule has 0 atom stereocenters. The Morgan fingerprint density at radius 1 is 0.900 bits per heavy atom. The summed E-state index contributed by atoms with van der Waals surface area (Å²) in [5.74, 6) is 0.246. The summed E-state index contributed by atoms with van der Waals surface area (Å²) in [6.45, 7) is 2.68. The van der Waals surface area contributed by atoms with E-state index in [1.54, 1.807) is 37.4 Å². The zero-order chi connectivity index (χ0) is 21.5. The predicted molar refractivity (Wildman–Crippen MR) is 118 cm³/mol. The number of carbonyl (C=O) groups is 2. The fraction of sp³-hybridized carbons (Fsp3) is 0.167. The summed E-state index contributed by atoms with van der Waals surface area (Å²) in [6, 6.07) is 19.9. The van der Waals surface area contributed by atoms with E-state index in [4.69, 9.17) is 10.5 Å². The molecule has 0 aromatic heterocycles. The zero-order valence-corrected chi connectivity index (χ0v) is 17.1. The van der Waals surface area contributed by atoms with Gasteiger partial charge in [0, 0.05) is 29.9 Å². The highest BCUT2D eigenvalue weighted by atomic mass is 16.5. The summed E-state index contributed by atoms with van der Waals surface area (Å²) in [4.78, 5) is 25.0. The standard InChI is InChI=1S/C24H25N3O3/c1-16-6-9-20(13-22(16)30-2)23(28)26-15-18-4-3-5-19(12-18)24(29)27-21-10-7-17(14-25)8-11-21/h3-13H,14-15,25H2,1-2H3,(H,26,28)(H,27,29). The summed E-state index contributed by atoms with van der Waals surface area (Å²) >= 11 is 0. The summed E-state index contributed by atoms with van der Waals surface area (Å²) < 4.78 is 5.27. The van der Waals surface area contributed by atoms with Gasteiger partial charge < -0.3 is 21.1 Å². The molecule has 0 saturated heterocycles.